The van der Waals surface area contributed by atoms with Crippen LogP contribution in [-0.4, -0.2) is 83.4 Å². The number of nitrogens with one attached hydrogen (secondary N) is 1. The summed E-state index contributed by atoms with van der Waals surface area (Å²) in [6.07, 6.45) is 12.4. The Morgan fingerprint density at radius 1 is 0.895 bits per heavy atom. The summed E-state index contributed by atoms with van der Waals surface area (Å²) in [6.45, 7) is 7.52. The van der Waals surface area contributed by atoms with E-state index in [1.54, 1.807) is 0 Å². The number of hydrogen-bond acceptors (Lipinski definition) is 9. The number of benzene rings is 1. The minimum atomic E-state index is 0.159. The van der Waals surface area contributed by atoms with Gasteiger partial charge in [0.1, 0.15) is 11.3 Å². The first-order chi connectivity index (χ1) is 18.6. The van der Waals surface area contributed by atoms with Gasteiger partial charge in [0, 0.05) is 49.5 Å². The lowest BCUT2D eigenvalue weighted by molar-refractivity contribution is 0.122. The van der Waals surface area contributed by atoms with Crippen molar-refractivity contribution in [3.63, 3.8) is 0 Å². The van der Waals surface area contributed by atoms with Gasteiger partial charge in [-0.15, -0.1) is 0 Å². The molecule has 0 unspecified atom stereocenters. The molecule has 0 amide bonds. The molecule has 6 rings (SSSR count). The van der Waals surface area contributed by atoms with Crippen LogP contribution >= 0.6 is 0 Å². The summed E-state index contributed by atoms with van der Waals surface area (Å²) in [5.74, 6) is 2.16. The number of aromatic nitrogens is 4. The monoisotopic (exact) mass is 517 g/mol. The lowest BCUT2D eigenvalue weighted by atomic mass is 9.91. The Balaban J connectivity index is 1.08. The van der Waals surface area contributed by atoms with E-state index < -0.39 is 0 Å². The molecule has 1 aliphatic carbocycles. The average molecular weight is 518 g/mol. The largest absolute Gasteiger partial charge is 0.488 e. The first kappa shape index (κ1) is 25.2. The van der Waals surface area contributed by atoms with Gasteiger partial charge in [0.25, 0.3) is 0 Å². The molecule has 38 heavy (non-hydrogen) atoms. The zero-order chi connectivity index (χ0) is 25.9. The number of ether oxygens (including phenoxy) is 2. The van der Waals surface area contributed by atoms with Crippen molar-refractivity contribution in [1.82, 2.24) is 24.8 Å². The van der Waals surface area contributed by atoms with E-state index in [2.05, 4.69) is 49.2 Å². The smallest absolute Gasteiger partial charge is 0.222 e. The van der Waals surface area contributed by atoms with Crippen LogP contribution in [0.5, 0.6) is 5.75 Å². The Labute approximate surface area is 225 Å². The van der Waals surface area contributed by atoms with Gasteiger partial charge in [0.05, 0.1) is 30.5 Å². The van der Waals surface area contributed by atoms with Gasteiger partial charge in [-0.1, -0.05) is 0 Å². The van der Waals surface area contributed by atoms with E-state index in [1.807, 2.05) is 25.5 Å². The van der Waals surface area contributed by atoms with Crippen LogP contribution in [0, 0.1) is 6.92 Å². The van der Waals surface area contributed by atoms with Gasteiger partial charge < -0.3 is 24.6 Å². The molecule has 3 aromatic rings. The molecule has 9 nitrogen and oxygen atoms in total. The predicted octanol–water partition coefficient (Wildman–Crippen LogP) is 4.18. The van der Waals surface area contributed by atoms with Gasteiger partial charge in [-0.05, 0) is 83.1 Å². The van der Waals surface area contributed by atoms with E-state index in [1.165, 1.54) is 18.4 Å². The Morgan fingerprint density at radius 2 is 1.63 bits per heavy atom. The summed E-state index contributed by atoms with van der Waals surface area (Å²) in [5.41, 5.74) is 5.03. The minimum absolute atomic E-state index is 0.159. The van der Waals surface area contributed by atoms with Crippen LogP contribution in [-0.2, 0) is 4.74 Å². The first-order valence-electron chi connectivity index (χ1n) is 14.1. The van der Waals surface area contributed by atoms with Crippen molar-refractivity contribution in [1.29, 1.82) is 0 Å². The summed E-state index contributed by atoms with van der Waals surface area (Å²) < 4.78 is 12.2. The number of rotatable bonds is 6. The normalized spacial score (nSPS) is 23.5. The van der Waals surface area contributed by atoms with E-state index in [0.29, 0.717) is 12.0 Å². The highest BCUT2D eigenvalue weighted by atomic mass is 16.5. The highest BCUT2D eigenvalue weighted by Crippen LogP contribution is 2.34. The van der Waals surface area contributed by atoms with Crippen molar-refractivity contribution in [2.75, 3.05) is 56.7 Å². The van der Waals surface area contributed by atoms with Crippen LogP contribution in [0.3, 0.4) is 0 Å². The highest BCUT2D eigenvalue weighted by Gasteiger charge is 2.25. The number of likely N-dealkylation sites (tertiary alicyclic amines) is 1. The van der Waals surface area contributed by atoms with Crippen LogP contribution in [0.4, 0.5) is 11.6 Å². The number of nitrogens with zero attached hydrogens (tertiary/aromatic N) is 6. The van der Waals surface area contributed by atoms with Crippen LogP contribution in [0.1, 0.15) is 55.7 Å². The zero-order valence-corrected chi connectivity index (χ0v) is 22.6. The van der Waals surface area contributed by atoms with E-state index >= 15 is 0 Å². The summed E-state index contributed by atoms with van der Waals surface area (Å²) in [4.78, 5) is 23.5. The maximum Gasteiger partial charge on any atom is 0.222 e. The molecule has 9 heteroatoms. The summed E-state index contributed by atoms with van der Waals surface area (Å²) in [7, 11) is 2.19. The Kier molecular flexibility index (Phi) is 7.56. The molecule has 1 aromatic carbocycles. The predicted molar refractivity (Wildman–Crippen MR) is 149 cm³/mol. The highest BCUT2D eigenvalue weighted by molar-refractivity contribution is 5.85. The second-order valence-corrected chi connectivity index (χ2v) is 11.1. The number of anilines is 2. The molecule has 1 N–H and O–H groups in total. The molecule has 3 aliphatic rings. The third kappa shape index (κ3) is 5.83. The maximum absolute atomic E-state index is 6.62. The van der Waals surface area contributed by atoms with Gasteiger partial charge in [-0.3, -0.25) is 4.98 Å². The molecular weight excluding hydrogens is 478 g/mol. The van der Waals surface area contributed by atoms with E-state index in [-0.39, 0.29) is 6.10 Å². The van der Waals surface area contributed by atoms with Crippen molar-refractivity contribution in [3.8, 4) is 5.75 Å². The molecule has 0 radical (unpaired) electrons. The molecule has 4 heterocycles. The molecular formula is C29H39N7O2. The Hall–Kier alpha value is -3.04. The van der Waals surface area contributed by atoms with E-state index in [9.17, 15) is 0 Å². The van der Waals surface area contributed by atoms with Crippen molar-refractivity contribution in [2.24, 2.45) is 0 Å². The van der Waals surface area contributed by atoms with Crippen LogP contribution in [0.25, 0.3) is 11.0 Å². The molecule has 0 spiro atoms. The van der Waals surface area contributed by atoms with Gasteiger partial charge in [0.15, 0.2) is 0 Å². The molecule has 2 saturated heterocycles. The topological polar surface area (TPSA) is 88.5 Å². The zero-order valence-electron chi connectivity index (χ0n) is 22.6. The SMILES string of the molecule is Cc1cnc2cc(N3CCOCC3)cc(O[C@H]3CC[C@@H](Nc4ncc(C5CCN(C)CC5)cn4)CC3)c2n1. The number of hydrogen-bond donors (Lipinski definition) is 1. The lowest BCUT2D eigenvalue weighted by Gasteiger charge is -2.31. The number of piperidine rings is 1. The molecule has 1 saturated carbocycles. The van der Waals surface area contributed by atoms with E-state index in [4.69, 9.17) is 14.5 Å². The van der Waals surface area contributed by atoms with Crippen LogP contribution < -0.4 is 15.0 Å². The Morgan fingerprint density at radius 3 is 2.37 bits per heavy atom. The molecule has 2 aromatic heterocycles. The number of fused-ring (bicyclic) bond motifs is 1. The first-order valence-corrected chi connectivity index (χ1v) is 14.1. The summed E-state index contributed by atoms with van der Waals surface area (Å²) in [6, 6.07) is 4.63. The molecule has 2 aliphatic heterocycles. The third-order valence-corrected chi connectivity index (χ3v) is 8.26. The van der Waals surface area contributed by atoms with Gasteiger partial charge in [-0.25, -0.2) is 15.0 Å². The Bertz CT molecular complexity index is 1220. The average Bonchev–Trinajstić information content (AvgIpc) is 2.95. The van der Waals surface area contributed by atoms with Crippen molar-refractivity contribution in [2.45, 2.75) is 63.5 Å². The summed E-state index contributed by atoms with van der Waals surface area (Å²) in [5, 5.41) is 3.56. The standard InChI is InChI=1S/C29H39N7O2/c1-20-17-30-26-15-24(36-11-13-37-14-12-36)16-27(28(26)33-20)38-25-5-3-23(4-6-25)34-29-31-18-22(19-32-29)21-7-9-35(2)10-8-21/h15-19,21,23,25H,3-14H2,1-2H3,(H,31,32,34)/t23-,25+. The van der Waals surface area contributed by atoms with Gasteiger partial charge in [0.2, 0.25) is 5.95 Å². The fourth-order valence-corrected chi connectivity index (χ4v) is 5.90. The van der Waals surface area contributed by atoms with Crippen molar-refractivity contribution >= 4 is 22.7 Å². The third-order valence-electron chi connectivity index (χ3n) is 8.26. The quantitative estimate of drug-likeness (QED) is 0.517. The second-order valence-electron chi connectivity index (χ2n) is 11.1. The molecule has 3 fully saturated rings. The molecule has 0 atom stereocenters. The van der Waals surface area contributed by atoms with Crippen LogP contribution in [0.2, 0.25) is 0 Å². The molecule has 0 bridgehead atoms. The van der Waals surface area contributed by atoms with Gasteiger partial charge >= 0.3 is 0 Å². The fraction of sp³-hybridized carbons (Fsp3) is 0.586. The number of aryl methyl sites for hydroxylation is 1. The van der Waals surface area contributed by atoms with E-state index in [0.717, 1.165) is 99.2 Å². The lowest BCUT2D eigenvalue weighted by Crippen LogP contribution is -2.36. The summed E-state index contributed by atoms with van der Waals surface area (Å²) >= 11 is 0. The fourth-order valence-electron chi connectivity index (χ4n) is 5.90. The van der Waals surface area contributed by atoms with Crippen molar-refractivity contribution in [3.05, 3.63) is 42.0 Å². The second kappa shape index (κ2) is 11.4. The number of morpholine rings is 1. The van der Waals surface area contributed by atoms with Crippen LogP contribution in [0.15, 0.2) is 30.7 Å². The molecule has 202 valence electrons. The van der Waals surface area contributed by atoms with Crippen molar-refractivity contribution < 1.29 is 9.47 Å². The van der Waals surface area contributed by atoms with Gasteiger partial charge in [-0.2, -0.15) is 0 Å². The minimum Gasteiger partial charge on any atom is -0.488 e. The maximum atomic E-state index is 6.62.